The molecule has 0 radical (unpaired) electrons. The summed E-state index contributed by atoms with van der Waals surface area (Å²) in [5.41, 5.74) is 4.12. The molecule has 6 nitrogen and oxygen atoms in total. The van der Waals surface area contributed by atoms with E-state index in [1.165, 1.54) is 16.5 Å². The van der Waals surface area contributed by atoms with Gasteiger partial charge in [0.2, 0.25) is 0 Å². The number of halogens is 1. The molecule has 3 N–H and O–H groups in total. The number of hydrogen-bond donors (Lipinski definition) is 3. The molecule has 1 amide bonds. The monoisotopic (exact) mass is 387 g/mol. The molecule has 0 bridgehead atoms. The van der Waals surface area contributed by atoms with Crippen molar-refractivity contribution in [2.75, 3.05) is 19.6 Å². The van der Waals surface area contributed by atoms with E-state index in [-0.39, 0.29) is 18.3 Å². The molecule has 1 aromatic carbocycles. The Bertz CT molecular complexity index is 910. The van der Waals surface area contributed by atoms with E-state index < -0.39 is 0 Å². The number of benzene rings is 1. The van der Waals surface area contributed by atoms with Crippen molar-refractivity contribution in [3.8, 4) is 0 Å². The SMILES string of the molecule is Cc1cccc2[nH]cc(CCNC(=O)c3ccn(C4CCCNC4)n3)c12.Cl. The molecule has 7 heteroatoms. The largest absolute Gasteiger partial charge is 0.361 e. The van der Waals surface area contributed by atoms with Gasteiger partial charge in [-0.15, -0.1) is 12.4 Å². The van der Waals surface area contributed by atoms with Crippen LogP contribution in [0.2, 0.25) is 0 Å². The second kappa shape index (κ2) is 8.59. The quantitative estimate of drug-likeness (QED) is 0.630. The number of carbonyl (C=O) groups is 1. The van der Waals surface area contributed by atoms with Gasteiger partial charge in [-0.3, -0.25) is 9.48 Å². The highest BCUT2D eigenvalue weighted by Gasteiger charge is 2.17. The Kier molecular flexibility index (Phi) is 6.19. The third kappa shape index (κ3) is 4.17. The van der Waals surface area contributed by atoms with Gasteiger partial charge in [0.25, 0.3) is 5.91 Å². The molecule has 3 aromatic rings. The minimum Gasteiger partial charge on any atom is -0.361 e. The third-order valence-corrected chi connectivity index (χ3v) is 5.16. The summed E-state index contributed by atoms with van der Waals surface area (Å²) in [4.78, 5) is 15.7. The maximum Gasteiger partial charge on any atom is 0.271 e. The summed E-state index contributed by atoms with van der Waals surface area (Å²) >= 11 is 0. The van der Waals surface area contributed by atoms with Gasteiger partial charge in [0.05, 0.1) is 6.04 Å². The number of aryl methyl sites for hydroxylation is 1. The zero-order valence-electron chi connectivity index (χ0n) is 15.5. The summed E-state index contributed by atoms with van der Waals surface area (Å²) in [5.74, 6) is -0.107. The first-order valence-corrected chi connectivity index (χ1v) is 9.32. The molecule has 1 fully saturated rings. The molecular formula is C20H26ClN5O. The van der Waals surface area contributed by atoms with Gasteiger partial charge >= 0.3 is 0 Å². The van der Waals surface area contributed by atoms with Crippen LogP contribution in [0.1, 0.15) is 40.5 Å². The van der Waals surface area contributed by atoms with Crippen molar-refractivity contribution in [1.82, 2.24) is 25.4 Å². The molecule has 1 unspecified atom stereocenters. The summed E-state index contributed by atoms with van der Waals surface area (Å²) in [6, 6.07) is 8.40. The van der Waals surface area contributed by atoms with Crippen LogP contribution < -0.4 is 10.6 Å². The van der Waals surface area contributed by atoms with Crippen LogP contribution in [0.4, 0.5) is 0 Å². The summed E-state index contributed by atoms with van der Waals surface area (Å²) in [6.45, 7) is 4.70. The van der Waals surface area contributed by atoms with E-state index in [4.69, 9.17) is 0 Å². The molecule has 1 aliphatic rings. The highest BCUT2D eigenvalue weighted by Crippen LogP contribution is 2.22. The van der Waals surface area contributed by atoms with E-state index >= 15 is 0 Å². The summed E-state index contributed by atoms with van der Waals surface area (Å²) in [5, 5.41) is 12.1. The van der Waals surface area contributed by atoms with Crippen molar-refractivity contribution in [3.05, 3.63) is 53.5 Å². The first-order valence-electron chi connectivity index (χ1n) is 9.32. The number of nitrogens with one attached hydrogen (secondary N) is 3. The van der Waals surface area contributed by atoms with Crippen LogP contribution in [0.3, 0.4) is 0 Å². The molecule has 4 rings (SSSR count). The van der Waals surface area contributed by atoms with Crippen LogP contribution >= 0.6 is 12.4 Å². The fraction of sp³-hybridized carbons (Fsp3) is 0.400. The fourth-order valence-electron chi connectivity index (χ4n) is 3.77. The van der Waals surface area contributed by atoms with E-state index in [0.717, 1.165) is 37.9 Å². The van der Waals surface area contributed by atoms with Crippen molar-refractivity contribution in [3.63, 3.8) is 0 Å². The van der Waals surface area contributed by atoms with Crippen LogP contribution in [-0.4, -0.2) is 40.3 Å². The number of nitrogens with zero attached hydrogens (tertiary/aromatic N) is 2. The van der Waals surface area contributed by atoms with E-state index in [0.29, 0.717) is 18.3 Å². The minimum atomic E-state index is -0.107. The molecule has 3 heterocycles. The van der Waals surface area contributed by atoms with Gasteiger partial charge in [0.1, 0.15) is 5.69 Å². The van der Waals surface area contributed by atoms with E-state index in [2.05, 4.69) is 45.8 Å². The maximum atomic E-state index is 12.4. The number of carbonyl (C=O) groups excluding carboxylic acids is 1. The molecule has 144 valence electrons. The van der Waals surface area contributed by atoms with Crippen molar-refractivity contribution in [2.45, 2.75) is 32.2 Å². The van der Waals surface area contributed by atoms with Crippen molar-refractivity contribution >= 4 is 29.2 Å². The Morgan fingerprint density at radius 3 is 3.07 bits per heavy atom. The first kappa shape index (κ1) is 19.5. The summed E-state index contributed by atoms with van der Waals surface area (Å²) in [6.07, 6.45) is 7.00. The normalized spacial score (nSPS) is 16.9. The predicted octanol–water partition coefficient (Wildman–Crippen LogP) is 2.99. The lowest BCUT2D eigenvalue weighted by atomic mass is 10.1. The van der Waals surface area contributed by atoms with Gasteiger partial charge in [-0.25, -0.2) is 0 Å². The van der Waals surface area contributed by atoms with Crippen molar-refractivity contribution in [2.24, 2.45) is 0 Å². The van der Waals surface area contributed by atoms with Gasteiger partial charge < -0.3 is 15.6 Å². The smallest absolute Gasteiger partial charge is 0.271 e. The summed E-state index contributed by atoms with van der Waals surface area (Å²) in [7, 11) is 0. The molecule has 0 aliphatic carbocycles. The van der Waals surface area contributed by atoms with Gasteiger partial charge in [-0.2, -0.15) is 5.10 Å². The Labute approximate surface area is 165 Å². The zero-order chi connectivity index (χ0) is 17.9. The van der Waals surface area contributed by atoms with Crippen LogP contribution in [0, 0.1) is 6.92 Å². The number of piperidine rings is 1. The van der Waals surface area contributed by atoms with E-state index in [1.54, 1.807) is 6.07 Å². The van der Waals surface area contributed by atoms with E-state index in [1.807, 2.05) is 17.1 Å². The lowest BCUT2D eigenvalue weighted by Gasteiger charge is -2.22. The molecule has 2 aromatic heterocycles. The number of aromatic nitrogens is 3. The summed E-state index contributed by atoms with van der Waals surface area (Å²) < 4.78 is 1.92. The van der Waals surface area contributed by atoms with Crippen molar-refractivity contribution < 1.29 is 4.79 Å². The first-order chi connectivity index (χ1) is 12.7. The molecule has 0 saturated carbocycles. The lowest BCUT2D eigenvalue weighted by Crippen LogP contribution is -2.32. The van der Waals surface area contributed by atoms with Gasteiger partial charge in [0.15, 0.2) is 0 Å². The van der Waals surface area contributed by atoms with Crippen LogP contribution in [0.15, 0.2) is 36.7 Å². The molecular weight excluding hydrogens is 362 g/mol. The number of fused-ring (bicyclic) bond motifs is 1. The molecule has 1 aliphatic heterocycles. The minimum absolute atomic E-state index is 0. The third-order valence-electron chi connectivity index (χ3n) is 5.16. The fourth-order valence-corrected chi connectivity index (χ4v) is 3.77. The Morgan fingerprint density at radius 2 is 2.26 bits per heavy atom. The molecule has 0 spiro atoms. The molecule has 27 heavy (non-hydrogen) atoms. The predicted molar refractivity (Wildman–Crippen MR) is 110 cm³/mol. The number of hydrogen-bond acceptors (Lipinski definition) is 3. The maximum absolute atomic E-state index is 12.4. The lowest BCUT2D eigenvalue weighted by molar-refractivity contribution is 0.0948. The molecule has 1 saturated heterocycles. The van der Waals surface area contributed by atoms with E-state index in [9.17, 15) is 4.79 Å². The highest BCUT2D eigenvalue weighted by atomic mass is 35.5. The second-order valence-corrected chi connectivity index (χ2v) is 7.00. The average molecular weight is 388 g/mol. The van der Waals surface area contributed by atoms with Gasteiger partial charge in [-0.1, -0.05) is 12.1 Å². The Hall–Kier alpha value is -2.31. The number of rotatable bonds is 5. The van der Waals surface area contributed by atoms with Crippen LogP contribution in [-0.2, 0) is 6.42 Å². The average Bonchev–Trinajstić information content (AvgIpc) is 3.31. The Morgan fingerprint density at radius 1 is 1.37 bits per heavy atom. The van der Waals surface area contributed by atoms with Crippen molar-refractivity contribution in [1.29, 1.82) is 0 Å². The van der Waals surface area contributed by atoms with Gasteiger partial charge in [-0.05, 0) is 56.0 Å². The molecule has 1 atom stereocenters. The number of amides is 1. The zero-order valence-corrected chi connectivity index (χ0v) is 16.3. The Balaban J connectivity index is 0.00000210. The highest BCUT2D eigenvalue weighted by molar-refractivity contribution is 5.92. The second-order valence-electron chi connectivity index (χ2n) is 7.00. The van der Waals surface area contributed by atoms with Crippen LogP contribution in [0.5, 0.6) is 0 Å². The topological polar surface area (TPSA) is 74.7 Å². The number of H-pyrrole nitrogens is 1. The van der Waals surface area contributed by atoms with Gasteiger partial charge in [0, 0.05) is 36.4 Å². The number of aromatic amines is 1. The van der Waals surface area contributed by atoms with Crippen LogP contribution in [0.25, 0.3) is 10.9 Å². The standard InChI is InChI=1S/C20H25N5O.ClH/c1-14-4-2-6-17-19(14)15(12-23-17)7-10-22-20(26)18-8-11-25(24-18)16-5-3-9-21-13-16;/h2,4,6,8,11-12,16,21,23H,3,5,7,9-10,13H2,1H3,(H,22,26);1H.